The zero-order valence-corrected chi connectivity index (χ0v) is 13.0. The van der Waals surface area contributed by atoms with Gasteiger partial charge in [0.05, 0.1) is 5.92 Å². The van der Waals surface area contributed by atoms with Crippen molar-refractivity contribution >= 4 is 33.5 Å². The molecule has 2 aliphatic rings. The van der Waals surface area contributed by atoms with Gasteiger partial charge in [-0.05, 0) is 65.2 Å². The van der Waals surface area contributed by atoms with Crippen LogP contribution in [0.3, 0.4) is 0 Å². The van der Waals surface area contributed by atoms with E-state index in [-0.39, 0.29) is 23.8 Å². The second-order valence-electron chi connectivity index (χ2n) is 5.93. The van der Waals surface area contributed by atoms with Crippen molar-refractivity contribution in [3.63, 3.8) is 0 Å². The number of amides is 1. The molecule has 2 aliphatic carbocycles. The van der Waals surface area contributed by atoms with Gasteiger partial charge in [-0.3, -0.25) is 9.59 Å². The number of anilines is 1. The van der Waals surface area contributed by atoms with Gasteiger partial charge in [-0.15, -0.1) is 0 Å². The Kier molecular flexibility index (Phi) is 3.65. The maximum atomic E-state index is 12.3. The SMILES string of the molecule is Nc1cc(C(=O)NC2C3CCC(C3)C2C(=O)O)ccc1Br. The molecule has 3 rings (SSSR count). The number of carbonyl (C=O) groups excluding carboxylic acids is 1. The fraction of sp³-hybridized carbons (Fsp3) is 0.467. The van der Waals surface area contributed by atoms with Gasteiger partial charge in [-0.2, -0.15) is 0 Å². The molecule has 4 N–H and O–H groups in total. The number of rotatable bonds is 3. The first kappa shape index (κ1) is 14.4. The van der Waals surface area contributed by atoms with Crippen molar-refractivity contribution < 1.29 is 14.7 Å². The molecule has 1 aromatic rings. The summed E-state index contributed by atoms with van der Waals surface area (Å²) >= 11 is 3.29. The zero-order valence-electron chi connectivity index (χ0n) is 11.4. The number of hydrogen-bond donors (Lipinski definition) is 3. The largest absolute Gasteiger partial charge is 0.481 e. The average Bonchev–Trinajstić information content (AvgIpc) is 3.02. The van der Waals surface area contributed by atoms with Crippen LogP contribution in [-0.2, 0) is 4.79 Å². The fourth-order valence-electron chi connectivity index (χ4n) is 3.77. The maximum Gasteiger partial charge on any atom is 0.308 e. The number of nitrogens with one attached hydrogen (secondary N) is 1. The van der Waals surface area contributed by atoms with E-state index in [0.717, 1.165) is 23.7 Å². The summed E-state index contributed by atoms with van der Waals surface area (Å²) in [5.41, 5.74) is 6.73. The molecule has 0 saturated heterocycles. The number of hydrogen-bond acceptors (Lipinski definition) is 3. The van der Waals surface area contributed by atoms with Gasteiger partial charge in [0.25, 0.3) is 5.91 Å². The lowest BCUT2D eigenvalue weighted by Gasteiger charge is -2.28. The summed E-state index contributed by atoms with van der Waals surface area (Å²) in [6.07, 6.45) is 2.87. The number of carboxylic acids is 1. The molecule has 2 saturated carbocycles. The van der Waals surface area contributed by atoms with Crippen LogP contribution in [0.25, 0.3) is 0 Å². The van der Waals surface area contributed by atoms with E-state index in [1.54, 1.807) is 18.2 Å². The Balaban J connectivity index is 1.77. The van der Waals surface area contributed by atoms with Crippen LogP contribution in [0.5, 0.6) is 0 Å². The Bertz CT molecular complexity index is 605. The Morgan fingerprint density at radius 1 is 1.29 bits per heavy atom. The number of nitrogen functional groups attached to an aromatic ring is 1. The number of fused-ring (bicyclic) bond motifs is 2. The lowest BCUT2D eigenvalue weighted by atomic mass is 9.84. The molecule has 0 heterocycles. The normalized spacial score (nSPS) is 30.3. The predicted molar refractivity (Wildman–Crippen MR) is 81.8 cm³/mol. The van der Waals surface area contributed by atoms with Crippen molar-refractivity contribution in [3.05, 3.63) is 28.2 Å². The van der Waals surface area contributed by atoms with E-state index in [1.807, 2.05) is 0 Å². The highest BCUT2D eigenvalue weighted by molar-refractivity contribution is 9.10. The molecule has 1 aromatic carbocycles. The van der Waals surface area contributed by atoms with E-state index in [9.17, 15) is 14.7 Å². The molecule has 0 aliphatic heterocycles. The highest BCUT2D eigenvalue weighted by atomic mass is 79.9. The van der Waals surface area contributed by atoms with Gasteiger partial charge in [0.2, 0.25) is 0 Å². The van der Waals surface area contributed by atoms with Crippen LogP contribution in [0.4, 0.5) is 5.69 Å². The summed E-state index contributed by atoms with van der Waals surface area (Å²) < 4.78 is 0.738. The van der Waals surface area contributed by atoms with Crippen molar-refractivity contribution in [2.75, 3.05) is 5.73 Å². The minimum atomic E-state index is -0.803. The molecule has 2 bridgehead atoms. The molecule has 5 nitrogen and oxygen atoms in total. The van der Waals surface area contributed by atoms with E-state index < -0.39 is 11.9 Å². The van der Waals surface area contributed by atoms with Gasteiger partial charge >= 0.3 is 5.97 Å². The number of nitrogens with two attached hydrogens (primary N) is 1. The van der Waals surface area contributed by atoms with Crippen LogP contribution >= 0.6 is 15.9 Å². The first-order valence-corrected chi connectivity index (χ1v) is 7.85. The zero-order chi connectivity index (χ0) is 15.1. The van der Waals surface area contributed by atoms with E-state index in [0.29, 0.717) is 11.3 Å². The monoisotopic (exact) mass is 352 g/mol. The molecule has 112 valence electrons. The molecule has 2 fully saturated rings. The molecule has 4 unspecified atom stereocenters. The molecule has 4 atom stereocenters. The quantitative estimate of drug-likeness (QED) is 0.727. The van der Waals surface area contributed by atoms with Crippen LogP contribution < -0.4 is 11.1 Å². The minimum Gasteiger partial charge on any atom is -0.481 e. The van der Waals surface area contributed by atoms with Gasteiger partial charge in [0.1, 0.15) is 0 Å². The van der Waals surface area contributed by atoms with Gasteiger partial charge in [-0.25, -0.2) is 0 Å². The molecular formula is C15H17BrN2O3. The van der Waals surface area contributed by atoms with Crippen LogP contribution in [0, 0.1) is 17.8 Å². The first-order chi connectivity index (χ1) is 9.97. The molecule has 6 heteroatoms. The molecular weight excluding hydrogens is 336 g/mol. The molecule has 0 spiro atoms. The van der Waals surface area contributed by atoms with Crippen molar-refractivity contribution in [2.24, 2.45) is 17.8 Å². The van der Waals surface area contributed by atoms with Crippen LogP contribution in [0.15, 0.2) is 22.7 Å². The molecule has 1 amide bonds. The highest BCUT2D eigenvalue weighted by Gasteiger charge is 2.51. The third-order valence-corrected chi connectivity index (χ3v) is 5.48. The van der Waals surface area contributed by atoms with E-state index in [2.05, 4.69) is 21.2 Å². The van der Waals surface area contributed by atoms with Crippen molar-refractivity contribution in [2.45, 2.75) is 25.3 Å². The van der Waals surface area contributed by atoms with Crippen LogP contribution in [-0.4, -0.2) is 23.0 Å². The number of benzene rings is 1. The van der Waals surface area contributed by atoms with Crippen molar-refractivity contribution in [3.8, 4) is 0 Å². The standard InChI is InChI=1S/C15H17BrN2O3/c16-10-4-3-9(6-11(10)17)14(19)18-13-8-2-1-7(5-8)12(13)15(20)21/h3-4,6-8,12-13H,1-2,5,17H2,(H,18,19)(H,20,21). The van der Waals surface area contributed by atoms with Gasteiger partial charge in [0, 0.05) is 21.8 Å². The Hall–Kier alpha value is -1.56. The van der Waals surface area contributed by atoms with Gasteiger partial charge < -0.3 is 16.2 Å². The number of halogens is 1. The van der Waals surface area contributed by atoms with Gasteiger partial charge in [-0.1, -0.05) is 0 Å². The molecule has 0 aromatic heterocycles. The third kappa shape index (κ3) is 2.52. The van der Waals surface area contributed by atoms with Gasteiger partial charge in [0.15, 0.2) is 0 Å². The van der Waals surface area contributed by atoms with Crippen molar-refractivity contribution in [1.29, 1.82) is 0 Å². The highest BCUT2D eigenvalue weighted by Crippen LogP contribution is 2.48. The number of carbonyl (C=O) groups is 2. The smallest absolute Gasteiger partial charge is 0.308 e. The Labute approximate surface area is 131 Å². The summed E-state index contributed by atoms with van der Waals surface area (Å²) in [4.78, 5) is 23.8. The number of carboxylic acid groups (broad SMARTS) is 1. The first-order valence-electron chi connectivity index (χ1n) is 7.06. The summed E-state index contributed by atoms with van der Waals surface area (Å²) in [5, 5.41) is 12.3. The summed E-state index contributed by atoms with van der Waals surface area (Å²) in [5.74, 6) is -1.03. The fourth-order valence-corrected chi connectivity index (χ4v) is 4.02. The summed E-state index contributed by atoms with van der Waals surface area (Å²) in [6.45, 7) is 0. The topological polar surface area (TPSA) is 92.4 Å². The van der Waals surface area contributed by atoms with E-state index >= 15 is 0 Å². The number of aliphatic carboxylic acids is 1. The average molecular weight is 353 g/mol. The second-order valence-corrected chi connectivity index (χ2v) is 6.79. The second kappa shape index (κ2) is 5.33. The predicted octanol–water partition coefficient (Wildman–Crippen LogP) is 2.26. The lowest BCUT2D eigenvalue weighted by Crippen LogP contribution is -2.46. The Morgan fingerprint density at radius 3 is 2.67 bits per heavy atom. The lowest BCUT2D eigenvalue weighted by molar-refractivity contribution is -0.144. The maximum absolute atomic E-state index is 12.3. The molecule has 21 heavy (non-hydrogen) atoms. The Morgan fingerprint density at radius 2 is 2.00 bits per heavy atom. The van der Waals surface area contributed by atoms with Crippen LogP contribution in [0.2, 0.25) is 0 Å². The summed E-state index contributed by atoms with van der Waals surface area (Å²) in [7, 11) is 0. The molecule has 0 radical (unpaired) electrons. The van der Waals surface area contributed by atoms with E-state index in [4.69, 9.17) is 5.73 Å². The third-order valence-electron chi connectivity index (χ3n) is 4.76. The van der Waals surface area contributed by atoms with Crippen LogP contribution in [0.1, 0.15) is 29.6 Å². The van der Waals surface area contributed by atoms with E-state index in [1.165, 1.54) is 0 Å². The summed E-state index contributed by atoms with van der Waals surface area (Å²) in [6, 6.07) is 4.74. The minimum absolute atomic E-state index is 0.202. The van der Waals surface area contributed by atoms with Crippen molar-refractivity contribution in [1.82, 2.24) is 5.32 Å².